The van der Waals surface area contributed by atoms with Crippen molar-refractivity contribution < 1.29 is 37.4 Å². The van der Waals surface area contributed by atoms with Gasteiger partial charge in [-0.3, -0.25) is 4.79 Å². The minimum absolute atomic E-state index is 0.0361. The highest BCUT2D eigenvalue weighted by Gasteiger charge is 2.52. The van der Waals surface area contributed by atoms with Gasteiger partial charge in [-0.05, 0) is 54.7 Å². The van der Waals surface area contributed by atoms with E-state index >= 15 is 8.78 Å². The van der Waals surface area contributed by atoms with E-state index in [0.29, 0.717) is 24.3 Å². The van der Waals surface area contributed by atoms with Gasteiger partial charge in [-0.15, -0.1) is 0 Å². The molecular formula is C33H43ClF2N4O6. The van der Waals surface area contributed by atoms with Gasteiger partial charge >= 0.3 is 12.1 Å². The number of ether oxygens (including phenoxy) is 3. The second-order valence-corrected chi connectivity index (χ2v) is 14.8. The fourth-order valence-electron chi connectivity index (χ4n) is 6.13. The molecule has 1 saturated carbocycles. The summed E-state index contributed by atoms with van der Waals surface area (Å²) in [5.74, 6) is -5.54. The second kappa shape index (κ2) is 13.1. The van der Waals surface area contributed by atoms with Crippen molar-refractivity contribution in [3.05, 3.63) is 28.9 Å². The van der Waals surface area contributed by atoms with Crippen molar-refractivity contribution in [1.29, 1.82) is 0 Å². The number of alkyl carbamates (subject to hydrolysis) is 1. The van der Waals surface area contributed by atoms with Crippen LogP contribution in [0.5, 0.6) is 5.88 Å². The van der Waals surface area contributed by atoms with Gasteiger partial charge in [-0.1, -0.05) is 59.6 Å². The van der Waals surface area contributed by atoms with Crippen LogP contribution in [0.15, 0.2) is 18.2 Å². The maximum absolute atomic E-state index is 15.9. The number of carbonyl (C=O) groups excluding carboxylic acids is 3. The van der Waals surface area contributed by atoms with Gasteiger partial charge in [0.1, 0.15) is 24.3 Å². The topological polar surface area (TPSA) is 120 Å². The Morgan fingerprint density at radius 1 is 1.15 bits per heavy atom. The first-order chi connectivity index (χ1) is 21.5. The highest BCUT2D eigenvalue weighted by molar-refractivity contribution is 6.31. The molecule has 0 radical (unpaired) electrons. The Kier molecular flexibility index (Phi) is 9.69. The Hall–Kier alpha value is -3.28. The van der Waals surface area contributed by atoms with Crippen molar-refractivity contribution >= 4 is 40.6 Å². The molecule has 3 aliphatic rings. The molecule has 0 unspecified atom stereocenters. The summed E-state index contributed by atoms with van der Waals surface area (Å²) in [5, 5.41) is 3.10. The van der Waals surface area contributed by atoms with Gasteiger partial charge < -0.3 is 24.4 Å². The Bertz CT molecular complexity index is 1480. The first-order valence-electron chi connectivity index (χ1n) is 16.0. The van der Waals surface area contributed by atoms with Gasteiger partial charge in [0.05, 0.1) is 24.2 Å². The Labute approximate surface area is 272 Å². The molecule has 1 aliphatic carbocycles. The summed E-state index contributed by atoms with van der Waals surface area (Å²) < 4.78 is 49.3. The SMILES string of the molecule is CC(C)COC(=O)[C@@H]1[C@H](C)[C@@H]2CN1C(=O)[C@H](C(C)(C)C)NC(=O)O[C@@H]1C[C@H]1CCCCC(F)(F)c1nc3ccc(Cl)cc3nc1O2. The minimum atomic E-state index is -3.38. The van der Waals surface area contributed by atoms with Crippen LogP contribution in [0.1, 0.15) is 79.3 Å². The van der Waals surface area contributed by atoms with Gasteiger partial charge in [0.15, 0.2) is 5.69 Å². The monoisotopic (exact) mass is 664 g/mol. The fraction of sp³-hybridized carbons (Fsp3) is 0.667. The van der Waals surface area contributed by atoms with E-state index in [9.17, 15) is 14.4 Å². The number of hydrogen-bond acceptors (Lipinski definition) is 8. The fourth-order valence-corrected chi connectivity index (χ4v) is 6.29. The molecule has 2 fully saturated rings. The number of fused-ring (bicyclic) bond motifs is 5. The molecule has 1 saturated heterocycles. The third-order valence-corrected chi connectivity index (χ3v) is 9.13. The van der Waals surface area contributed by atoms with E-state index in [1.807, 2.05) is 13.8 Å². The molecule has 5 rings (SSSR count). The number of halogens is 3. The number of carbonyl (C=O) groups is 3. The molecule has 2 bridgehead atoms. The normalized spacial score (nSPS) is 28.7. The first-order valence-corrected chi connectivity index (χ1v) is 16.4. The smallest absolute Gasteiger partial charge is 0.408 e. The molecule has 2 aromatic rings. The molecule has 1 aromatic carbocycles. The largest absolute Gasteiger partial charge is 0.471 e. The lowest BCUT2D eigenvalue weighted by Gasteiger charge is -2.35. The van der Waals surface area contributed by atoms with Crippen molar-refractivity contribution in [3.63, 3.8) is 0 Å². The van der Waals surface area contributed by atoms with E-state index in [1.54, 1.807) is 33.8 Å². The molecular weight excluding hydrogens is 622 g/mol. The van der Waals surface area contributed by atoms with Crippen LogP contribution in [0.2, 0.25) is 5.02 Å². The zero-order valence-electron chi connectivity index (χ0n) is 27.1. The van der Waals surface area contributed by atoms with E-state index < -0.39 is 65.5 Å². The molecule has 252 valence electrons. The van der Waals surface area contributed by atoms with Crippen molar-refractivity contribution in [2.45, 2.75) is 104 Å². The van der Waals surface area contributed by atoms with E-state index in [2.05, 4.69) is 15.3 Å². The summed E-state index contributed by atoms with van der Waals surface area (Å²) in [6, 6.07) is 2.42. The van der Waals surface area contributed by atoms with Crippen LogP contribution in [-0.4, -0.2) is 70.3 Å². The lowest BCUT2D eigenvalue weighted by atomic mass is 9.85. The van der Waals surface area contributed by atoms with Crippen LogP contribution >= 0.6 is 11.6 Å². The predicted molar refractivity (Wildman–Crippen MR) is 167 cm³/mol. The molecule has 0 spiro atoms. The number of benzene rings is 1. The van der Waals surface area contributed by atoms with Gasteiger partial charge in [0, 0.05) is 17.4 Å². The lowest BCUT2D eigenvalue weighted by Crippen LogP contribution is -2.57. The molecule has 1 N–H and O–H groups in total. The highest BCUT2D eigenvalue weighted by atomic mass is 35.5. The Balaban J connectivity index is 1.57. The molecule has 6 atom stereocenters. The summed E-state index contributed by atoms with van der Waals surface area (Å²) in [5.41, 5.74) is -0.869. The van der Waals surface area contributed by atoms with Crippen LogP contribution in [-0.2, 0) is 25.0 Å². The molecule has 1 aromatic heterocycles. The van der Waals surface area contributed by atoms with Crippen LogP contribution in [0.25, 0.3) is 11.0 Å². The molecule has 2 aliphatic heterocycles. The number of rotatable bonds is 3. The number of amides is 2. The summed E-state index contributed by atoms with van der Waals surface area (Å²) in [4.78, 5) is 50.9. The van der Waals surface area contributed by atoms with Gasteiger partial charge in [-0.25, -0.2) is 19.6 Å². The van der Waals surface area contributed by atoms with E-state index in [-0.39, 0.29) is 54.4 Å². The number of alkyl halides is 2. The number of hydrogen-bond donors (Lipinski definition) is 1. The van der Waals surface area contributed by atoms with E-state index in [1.165, 1.54) is 17.0 Å². The molecule has 46 heavy (non-hydrogen) atoms. The van der Waals surface area contributed by atoms with Crippen molar-refractivity contribution in [3.8, 4) is 5.88 Å². The molecule has 2 amide bonds. The average molecular weight is 665 g/mol. The molecule has 3 heterocycles. The van der Waals surface area contributed by atoms with Crippen molar-refractivity contribution in [2.75, 3.05) is 13.2 Å². The molecule has 13 heteroatoms. The molecule has 10 nitrogen and oxygen atoms in total. The minimum Gasteiger partial charge on any atom is -0.471 e. The zero-order chi connectivity index (χ0) is 33.6. The third-order valence-electron chi connectivity index (χ3n) is 8.89. The maximum atomic E-state index is 15.9. The van der Waals surface area contributed by atoms with Crippen LogP contribution in [0.4, 0.5) is 13.6 Å². The Morgan fingerprint density at radius 2 is 1.89 bits per heavy atom. The second-order valence-electron chi connectivity index (χ2n) is 14.3. The number of nitrogens with zero attached hydrogens (tertiary/aromatic N) is 3. The van der Waals surface area contributed by atoms with Crippen molar-refractivity contribution in [2.24, 2.45) is 23.2 Å². The van der Waals surface area contributed by atoms with Crippen LogP contribution < -0.4 is 10.1 Å². The van der Waals surface area contributed by atoms with Crippen molar-refractivity contribution in [1.82, 2.24) is 20.2 Å². The van der Waals surface area contributed by atoms with Crippen LogP contribution in [0, 0.1) is 23.2 Å². The summed E-state index contributed by atoms with van der Waals surface area (Å²) >= 11 is 6.18. The predicted octanol–water partition coefficient (Wildman–Crippen LogP) is 6.27. The number of nitrogens with one attached hydrogen (secondary N) is 1. The highest BCUT2D eigenvalue weighted by Crippen LogP contribution is 2.42. The van der Waals surface area contributed by atoms with Gasteiger partial charge in [-0.2, -0.15) is 8.78 Å². The first kappa shape index (κ1) is 34.1. The Morgan fingerprint density at radius 3 is 2.59 bits per heavy atom. The lowest BCUT2D eigenvalue weighted by molar-refractivity contribution is -0.156. The maximum Gasteiger partial charge on any atom is 0.408 e. The van der Waals surface area contributed by atoms with E-state index in [0.717, 1.165) is 0 Å². The average Bonchev–Trinajstić information content (AvgIpc) is 3.62. The van der Waals surface area contributed by atoms with E-state index in [4.69, 9.17) is 25.8 Å². The summed E-state index contributed by atoms with van der Waals surface area (Å²) in [6.07, 6.45) is -0.534. The quantitative estimate of drug-likeness (QED) is 0.381. The third kappa shape index (κ3) is 7.47. The van der Waals surface area contributed by atoms with Gasteiger partial charge in [0.2, 0.25) is 11.8 Å². The number of esters is 1. The van der Waals surface area contributed by atoms with Gasteiger partial charge in [0.25, 0.3) is 5.92 Å². The standard InChI is InChI=1S/C33H43ClF2N4O6/c1-17(2)16-44-30(42)25-18(3)24-15-40(25)29(41)27(32(4,5)6)39-31(43)46-23-13-19(23)9-7-8-12-33(35,36)26-28(45-24)38-22-14-20(34)10-11-21(22)37-26/h10-11,14,17-19,23-25,27H,7-9,12-13,15-16H2,1-6H3,(H,39,43)/t18-,19-,23-,24+,25+,27-/m1/s1. The number of aromatic nitrogens is 2. The summed E-state index contributed by atoms with van der Waals surface area (Å²) in [7, 11) is 0. The van der Waals surface area contributed by atoms with Crippen LogP contribution in [0.3, 0.4) is 0 Å². The summed E-state index contributed by atoms with van der Waals surface area (Å²) in [6.45, 7) is 10.8. The zero-order valence-corrected chi connectivity index (χ0v) is 27.9.